The molecule has 2 N–H and O–H groups in total. The maximum Gasteiger partial charge on any atom is 0.259 e. The van der Waals surface area contributed by atoms with Crippen LogP contribution in [0.1, 0.15) is 21.5 Å². The second-order valence-electron chi connectivity index (χ2n) is 4.66. The number of phenolic OH excluding ortho intramolecular Hbond substituents is 1. The quantitative estimate of drug-likeness (QED) is 0.900. The molecule has 2 aromatic rings. The highest BCUT2D eigenvalue weighted by molar-refractivity contribution is 6.06. The van der Waals surface area contributed by atoms with Gasteiger partial charge >= 0.3 is 0 Å². The number of hydrogen-bond acceptors (Lipinski definition) is 3. The molecule has 0 atom stereocenters. The molecule has 0 aliphatic rings. The van der Waals surface area contributed by atoms with Gasteiger partial charge in [0.05, 0.1) is 12.7 Å². The lowest BCUT2D eigenvalue weighted by atomic mass is 10.1. The summed E-state index contributed by atoms with van der Waals surface area (Å²) in [6.07, 6.45) is 0. The molecule has 0 heterocycles. The molecule has 4 heteroatoms. The molecule has 0 fully saturated rings. The summed E-state index contributed by atoms with van der Waals surface area (Å²) in [6, 6.07) is 10.3. The summed E-state index contributed by atoms with van der Waals surface area (Å²) in [5.41, 5.74) is 2.75. The second kappa shape index (κ2) is 5.65. The summed E-state index contributed by atoms with van der Waals surface area (Å²) in [6.45, 7) is 3.76. The average Bonchev–Trinajstić information content (AvgIpc) is 2.38. The van der Waals surface area contributed by atoms with Gasteiger partial charge in [-0.1, -0.05) is 6.07 Å². The minimum atomic E-state index is -0.341. The maximum absolute atomic E-state index is 12.1. The van der Waals surface area contributed by atoms with Crippen molar-refractivity contribution in [1.29, 1.82) is 0 Å². The van der Waals surface area contributed by atoms with Gasteiger partial charge in [0.1, 0.15) is 11.5 Å². The van der Waals surface area contributed by atoms with Gasteiger partial charge in [0.2, 0.25) is 0 Å². The zero-order valence-electron chi connectivity index (χ0n) is 11.7. The van der Waals surface area contributed by atoms with Crippen LogP contribution in [0.2, 0.25) is 0 Å². The van der Waals surface area contributed by atoms with E-state index in [0.29, 0.717) is 5.69 Å². The van der Waals surface area contributed by atoms with Gasteiger partial charge in [-0.2, -0.15) is 0 Å². The molecule has 0 radical (unpaired) electrons. The lowest BCUT2D eigenvalue weighted by molar-refractivity contribution is 0.102. The Hall–Kier alpha value is -2.49. The summed E-state index contributed by atoms with van der Waals surface area (Å²) in [5, 5.41) is 12.6. The topological polar surface area (TPSA) is 58.6 Å². The summed E-state index contributed by atoms with van der Waals surface area (Å²) in [7, 11) is 1.60. The Morgan fingerprint density at radius 3 is 2.50 bits per heavy atom. The van der Waals surface area contributed by atoms with Gasteiger partial charge in [0.25, 0.3) is 5.91 Å². The molecule has 0 spiro atoms. The maximum atomic E-state index is 12.1. The molecule has 0 saturated heterocycles. The van der Waals surface area contributed by atoms with Crippen molar-refractivity contribution in [1.82, 2.24) is 0 Å². The number of carbonyl (C=O) groups excluding carboxylic acids is 1. The van der Waals surface area contributed by atoms with Crippen LogP contribution in [0.5, 0.6) is 11.5 Å². The van der Waals surface area contributed by atoms with E-state index in [0.717, 1.165) is 16.9 Å². The third kappa shape index (κ3) is 2.91. The van der Waals surface area contributed by atoms with E-state index in [1.165, 1.54) is 0 Å². The number of amides is 1. The summed E-state index contributed by atoms with van der Waals surface area (Å²) in [4.78, 5) is 12.1. The molecule has 0 bridgehead atoms. The van der Waals surface area contributed by atoms with Crippen LogP contribution in [0.3, 0.4) is 0 Å². The van der Waals surface area contributed by atoms with Crippen molar-refractivity contribution < 1.29 is 14.6 Å². The van der Waals surface area contributed by atoms with Crippen LogP contribution in [0.25, 0.3) is 0 Å². The van der Waals surface area contributed by atoms with Gasteiger partial charge < -0.3 is 15.2 Å². The van der Waals surface area contributed by atoms with E-state index in [1.807, 2.05) is 19.9 Å². The van der Waals surface area contributed by atoms with Gasteiger partial charge in [0, 0.05) is 5.69 Å². The molecule has 1 amide bonds. The van der Waals surface area contributed by atoms with Crippen molar-refractivity contribution >= 4 is 11.6 Å². The van der Waals surface area contributed by atoms with E-state index in [4.69, 9.17) is 4.74 Å². The molecule has 2 rings (SSSR count). The molecule has 0 aliphatic carbocycles. The van der Waals surface area contributed by atoms with E-state index < -0.39 is 0 Å². The van der Waals surface area contributed by atoms with Crippen molar-refractivity contribution in [2.24, 2.45) is 0 Å². The predicted molar refractivity (Wildman–Crippen MR) is 78.5 cm³/mol. The number of aryl methyl sites for hydroxylation is 2. The van der Waals surface area contributed by atoms with E-state index in [1.54, 1.807) is 37.4 Å². The SMILES string of the molecule is COc1ccc(NC(=O)c2ccc(C)cc2O)cc1C. The van der Waals surface area contributed by atoms with Crippen LogP contribution >= 0.6 is 0 Å². The van der Waals surface area contributed by atoms with Gasteiger partial charge in [-0.15, -0.1) is 0 Å². The number of anilines is 1. The van der Waals surface area contributed by atoms with Gasteiger partial charge in [0.15, 0.2) is 0 Å². The lowest BCUT2D eigenvalue weighted by Gasteiger charge is -2.10. The van der Waals surface area contributed by atoms with Crippen LogP contribution in [0.15, 0.2) is 36.4 Å². The highest BCUT2D eigenvalue weighted by atomic mass is 16.5. The first-order valence-electron chi connectivity index (χ1n) is 6.27. The first-order chi connectivity index (χ1) is 9.51. The normalized spacial score (nSPS) is 10.2. The minimum absolute atomic E-state index is 0.0206. The standard InChI is InChI=1S/C16H17NO3/c1-10-4-6-13(14(18)8-10)16(19)17-12-5-7-15(20-3)11(2)9-12/h4-9,18H,1-3H3,(H,17,19). The highest BCUT2D eigenvalue weighted by Crippen LogP contribution is 2.23. The summed E-state index contributed by atoms with van der Waals surface area (Å²) in [5.74, 6) is 0.404. The van der Waals surface area contributed by atoms with E-state index in [9.17, 15) is 9.90 Å². The number of aromatic hydroxyl groups is 1. The van der Waals surface area contributed by atoms with Crippen molar-refractivity contribution in [2.75, 3.05) is 12.4 Å². The van der Waals surface area contributed by atoms with Crippen LogP contribution in [-0.2, 0) is 0 Å². The smallest absolute Gasteiger partial charge is 0.259 e. The molecule has 0 unspecified atom stereocenters. The number of hydrogen-bond donors (Lipinski definition) is 2. The van der Waals surface area contributed by atoms with Crippen LogP contribution < -0.4 is 10.1 Å². The third-order valence-corrected chi connectivity index (χ3v) is 3.05. The third-order valence-electron chi connectivity index (χ3n) is 3.05. The number of carbonyl (C=O) groups is 1. The van der Waals surface area contributed by atoms with Gasteiger partial charge in [-0.3, -0.25) is 4.79 Å². The fourth-order valence-electron chi connectivity index (χ4n) is 1.99. The Kier molecular flexibility index (Phi) is 3.94. The molecular weight excluding hydrogens is 254 g/mol. The number of phenols is 1. The van der Waals surface area contributed by atoms with E-state index in [2.05, 4.69) is 5.32 Å². The summed E-state index contributed by atoms with van der Waals surface area (Å²) >= 11 is 0. The molecule has 0 aliphatic heterocycles. The Labute approximate surface area is 118 Å². The van der Waals surface area contributed by atoms with Crippen LogP contribution in [0, 0.1) is 13.8 Å². The van der Waals surface area contributed by atoms with Gasteiger partial charge in [-0.25, -0.2) is 0 Å². The Balaban J connectivity index is 2.21. The van der Waals surface area contributed by atoms with Gasteiger partial charge in [-0.05, 0) is 55.3 Å². The molecule has 20 heavy (non-hydrogen) atoms. The Morgan fingerprint density at radius 1 is 1.15 bits per heavy atom. The van der Waals surface area contributed by atoms with Crippen molar-refractivity contribution in [2.45, 2.75) is 13.8 Å². The fraction of sp³-hybridized carbons (Fsp3) is 0.188. The first kappa shape index (κ1) is 13.9. The highest BCUT2D eigenvalue weighted by Gasteiger charge is 2.11. The van der Waals surface area contributed by atoms with Crippen molar-refractivity contribution in [3.63, 3.8) is 0 Å². The number of methoxy groups -OCH3 is 1. The Morgan fingerprint density at radius 2 is 1.90 bits per heavy atom. The molecular formula is C16H17NO3. The summed E-state index contributed by atoms with van der Waals surface area (Å²) < 4.78 is 5.17. The number of rotatable bonds is 3. The molecule has 0 saturated carbocycles. The second-order valence-corrected chi connectivity index (χ2v) is 4.66. The molecule has 0 aromatic heterocycles. The molecule has 2 aromatic carbocycles. The van der Waals surface area contributed by atoms with E-state index >= 15 is 0 Å². The molecule has 4 nitrogen and oxygen atoms in total. The zero-order valence-corrected chi connectivity index (χ0v) is 11.7. The zero-order chi connectivity index (χ0) is 14.7. The molecule has 104 valence electrons. The van der Waals surface area contributed by atoms with E-state index in [-0.39, 0.29) is 17.2 Å². The number of nitrogens with one attached hydrogen (secondary N) is 1. The number of ether oxygens (including phenoxy) is 1. The Bertz CT molecular complexity index is 650. The van der Waals surface area contributed by atoms with Crippen molar-refractivity contribution in [3.05, 3.63) is 53.1 Å². The average molecular weight is 271 g/mol. The van der Waals surface area contributed by atoms with Crippen molar-refractivity contribution in [3.8, 4) is 11.5 Å². The van der Waals surface area contributed by atoms with Crippen LogP contribution in [0.4, 0.5) is 5.69 Å². The minimum Gasteiger partial charge on any atom is -0.507 e. The lowest BCUT2D eigenvalue weighted by Crippen LogP contribution is -2.12. The first-order valence-corrected chi connectivity index (χ1v) is 6.27. The van der Waals surface area contributed by atoms with Crippen LogP contribution in [-0.4, -0.2) is 18.1 Å². The predicted octanol–water partition coefficient (Wildman–Crippen LogP) is 3.27. The largest absolute Gasteiger partial charge is 0.507 e. The number of benzene rings is 2. The monoisotopic (exact) mass is 271 g/mol. The fourth-order valence-corrected chi connectivity index (χ4v) is 1.99.